The first-order valence-corrected chi connectivity index (χ1v) is 9.12. The zero-order valence-corrected chi connectivity index (χ0v) is 16.0. The fourth-order valence-electron chi connectivity index (χ4n) is 2.48. The van der Waals surface area contributed by atoms with E-state index < -0.39 is 10.9 Å². The van der Waals surface area contributed by atoms with Crippen LogP contribution in [0.4, 0.5) is 11.4 Å². The summed E-state index contributed by atoms with van der Waals surface area (Å²) in [6.45, 7) is -0.0208. The normalized spacial score (nSPS) is 10.4. The maximum absolute atomic E-state index is 12.2. The number of hydrogen-bond donors (Lipinski definition) is 1. The number of aromatic nitrogens is 1. The molecular formula is C19H17N3O5S. The number of carbonyl (C=O) groups excluding carboxylic acids is 1. The van der Waals surface area contributed by atoms with Crippen LogP contribution in [0.2, 0.25) is 0 Å². The van der Waals surface area contributed by atoms with E-state index in [9.17, 15) is 14.9 Å². The van der Waals surface area contributed by atoms with Crippen LogP contribution in [0, 0.1) is 10.1 Å². The van der Waals surface area contributed by atoms with E-state index in [2.05, 4.69) is 10.3 Å². The summed E-state index contributed by atoms with van der Waals surface area (Å²) < 4.78 is 10.4. The Kier molecular flexibility index (Phi) is 5.85. The van der Waals surface area contributed by atoms with Crippen LogP contribution in [0.1, 0.15) is 16.1 Å². The highest BCUT2D eigenvalue weighted by atomic mass is 32.1. The number of benzene rings is 2. The molecule has 3 rings (SSSR count). The predicted octanol–water partition coefficient (Wildman–Crippen LogP) is 4.13. The zero-order chi connectivity index (χ0) is 20.1. The fourth-order valence-corrected chi connectivity index (χ4v) is 3.29. The number of nitrogens with one attached hydrogen (secondary N) is 1. The lowest BCUT2D eigenvalue weighted by Crippen LogP contribution is -2.07. The molecule has 0 radical (unpaired) electrons. The Labute approximate surface area is 164 Å². The Hall–Kier alpha value is -3.46. The van der Waals surface area contributed by atoms with Gasteiger partial charge in [-0.3, -0.25) is 10.1 Å². The molecule has 8 nitrogen and oxygen atoms in total. The third-order valence-corrected chi connectivity index (χ3v) is 4.88. The number of hydrogen-bond acceptors (Lipinski definition) is 8. The van der Waals surface area contributed by atoms with Crippen molar-refractivity contribution in [2.75, 3.05) is 19.5 Å². The summed E-state index contributed by atoms with van der Waals surface area (Å²) in [7, 11) is 3.18. The second-order valence-electron chi connectivity index (χ2n) is 5.69. The number of nitrogens with zero attached hydrogens (tertiary/aromatic N) is 2. The maximum atomic E-state index is 12.2. The summed E-state index contributed by atoms with van der Waals surface area (Å²) in [5, 5.41) is 16.4. The highest BCUT2D eigenvalue weighted by molar-refractivity contribution is 7.13. The van der Waals surface area contributed by atoms with Crippen molar-refractivity contribution >= 4 is 28.7 Å². The van der Waals surface area contributed by atoms with Crippen molar-refractivity contribution in [3.05, 3.63) is 69.2 Å². The largest absolute Gasteiger partial charge is 0.497 e. The summed E-state index contributed by atoms with van der Waals surface area (Å²) in [6, 6.07) is 11.6. The van der Waals surface area contributed by atoms with Gasteiger partial charge in [-0.2, -0.15) is 0 Å². The van der Waals surface area contributed by atoms with Gasteiger partial charge in [0, 0.05) is 24.1 Å². The fraction of sp³-hybridized carbons (Fsp3) is 0.158. The molecule has 0 spiro atoms. The Morgan fingerprint density at radius 3 is 2.64 bits per heavy atom. The molecule has 0 bridgehead atoms. The van der Waals surface area contributed by atoms with E-state index in [0.29, 0.717) is 11.4 Å². The van der Waals surface area contributed by atoms with Crippen molar-refractivity contribution in [3.8, 4) is 16.3 Å². The van der Waals surface area contributed by atoms with Crippen LogP contribution in [0.15, 0.2) is 47.8 Å². The first-order chi connectivity index (χ1) is 13.5. The van der Waals surface area contributed by atoms with E-state index >= 15 is 0 Å². The van der Waals surface area contributed by atoms with Crippen LogP contribution in [0.5, 0.6) is 5.75 Å². The van der Waals surface area contributed by atoms with Gasteiger partial charge in [0.15, 0.2) is 0 Å². The SMILES string of the molecule is CNc1ccc(C(=O)OCc2csc(-c3ccc(OC)cc3)n2)cc1[N+](=O)[O-]. The summed E-state index contributed by atoms with van der Waals surface area (Å²) in [6.07, 6.45) is 0. The highest BCUT2D eigenvalue weighted by Gasteiger charge is 2.18. The molecule has 2 aromatic carbocycles. The molecule has 0 amide bonds. The van der Waals surface area contributed by atoms with Crippen LogP contribution < -0.4 is 10.1 Å². The van der Waals surface area contributed by atoms with Gasteiger partial charge in [-0.15, -0.1) is 11.3 Å². The second kappa shape index (κ2) is 8.49. The molecule has 1 heterocycles. The first-order valence-electron chi connectivity index (χ1n) is 8.24. The average Bonchev–Trinajstić information content (AvgIpc) is 3.20. The number of nitro benzene ring substituents is 1. The Bertz CT molecular complexity index is 1000. The molecule has 1 N–H and O–H groups in total. The lowest BCUT2D eigenvalue weighted by Gasteiger charge is -2.06. The quantitative estimate of drug-likeness (QED) is 0.362. The standard InChI is InChI=1S/C19H17N3O5S/c1-20-16-8-5-13(9-17(16)22(24)25)19(23)27-10-14-11-28-18(21-14)12-3-6-15(26-2)7-4-12/h3-9,11,20H,10H2,1-2H3. The molecule has 0 unspecified atom stereocenters. The van der Waals surface area contributed by atoms with Gasteiger partial charge in [-0.1, -0.05) is 0 Å². The molecule has 0 fully saturated rings. The van der Waals surface area contributed by atoms with Gasteiger partial charge in [0.2, 0.25) is 0 Å². The van der Waals surface area contributed by atoms with Crippen LogP contribution in [0.25, 0.3) is 10.6 Å². The van der Waals surface area contributed by atoms with Crippen molar-refractivity contribution in [1.82, 2.24) is 4.98 Å². The second-order valence-corrected chi connectivity index (χ2v) is 6.55. The number of thiazole rings is 1. The molecule has 0 aliphatic rings. The average molecular weight is 399 g/mol. The van der Waals surface area contributed by atoms with Gasteiger partial charge in [0.1, 0.15) is 23.1 Å². The van der Waals surface area contributed by atoms with Gasteiger partial charge in [0.05, 0.1) is 23.3 Å². The Morgan fingerprint density at radius 1 is 1.25 bits per heavy atom. The van der Waals surface area contributed by atoms with Gasteiger partial charge in [-0.25, -0.2) is 9.78 Å². The van der Waals surface area contributed by atoms with Crippen LogP contribution in [0.3, 0.4) is 0 Å². The molecule has 9 heteroatoms. The zero-order valence-electron chi connectivity index (χ0n) is 15.2. The molecule has 0 aliphatic carbocycles. The van der Waals surface area contributed by atoms with Gasteiger partial charge >= 0.3 is 5.97 Å². The first kappa shape index (κ1) is 19.3. The Balaban J connectivity index is 1.67. The molecule has 0 atom stereocenters. The minimum absolute atomic E-state index is 0.0208. The van der Waals surface area contributed by atoms with Gasteiger partial charge < -0.3 is 14.8 Å². The number of methoxy groups -OCH3 is 1. The molecule has 0 saturated carbocycles. The minimum atomic E-state index is -0.648. The van der Waals surface area contributed by atoms with Gasteiger partial charge in [0.25, 0.3) is 5.69 Å². The number of anilines is 1. The highest BCUT2D eigenvalue weighted by Crippen LogP contribution is 2.27. The van der Waals surface area contributed by atoms with E-state index in [1.54, 1.807) is 19.5 Å². The number of esters is 1. The summed E-state index contributed by atoms with van der Waals surface area (Å²) in [5.41, 5.74) is 1.78. The predicted molar refractivity (Wildman–Crippen MR) is 106 cm³/mol. The number of ether oxygens (including phenoxy) is 2. The van der Waals surface area contributed by atoms with Crippen LogP contribution >= 0.6 is 11.3 Å². The molecule has 1 aromatic heterocycles. The van der Waals surface area contributed by atoms with Crippen molar-refractivity contribution in [2.24, 2.45) is 0 Å². The van der Waals surface area contributed by atoms with Crippen molar-refractivity contribution in [1.29, 1.82) is 0 Å². The molecule has 3 aromatic rings. The lowest BCUT2D eigenvalue weighted by atomic mass is 10.1. The summed E-state index contributed by atoms with van der Waals surface area (Å²) in [5.74, 6) is 0.109. The monoisotopic (exact) mass is 399 g/mol. The molecule has 0 aliphatic heterocycles. The summed E-state index contributed by atoms with van der Waals surface area (Å²) >= 11 is 1.43. The van der Waals surface area contributed by atoms with Crippen LogP contribution in [-0.2, 0) is 11.3 Å². The number of nitro groups is 1. The van der Waals surface area contributed by atoms with Gasteiger partial charge in [-0.05, 0) is 36.4 Å². The maximum Gasteiger partial charge on any atom is 0.338 e. The molecular weight excluding hydrogens is 382 g/mol. The van der Waals surface area contributed by atoms with E-state index in [0.717, 1.165) is 16.3 Å². The van der Waals surface area contributed by atoms with Crippen molar-refractivity contribution < 1.29 is 19.2 Å². The van der Waals surface area contributed by atoms with E-state index in [-0.39, 0.29) is 17.9 Å². The number of carbonyl (C=O) groups is 1. The van der Waals surface area contributed by atoms with E-state index in [4.69, 9.17) is 9.47 Å². The van der Waals surface area contributed by atoms with Crippen molar-refractivity contribution in [2.45, 2.75) is 6.61 Å². The third kappa shape index (κ3) is 4.26. The van der Waals surface area contributed by atoms with E-state index in [1.807, 2.05) is 24.3 Å². The molecule has 0 saturated heterocycles. The van der Waals surface area contributed by atoms with E-state index in [1.165, 1.54) is 29.5 Å². The number of rotatable bonds is 7. The topological polar surface area (TPSA) is 104 Å². The molecule has 28 heavy (non-hydrogen) atoms. The summed E-state index contributed by atoms with van der Waals surface area (Å²) in [4.78, 5) is 27.3. The van der Waals surface area contributed by atoms with Crippen LogP contribution in [-0.4, -0.2) is 30.0 Å². The Morgan fingerprint density at radius 2 is 2.00 bits per heavy atom. The third-order valence-electron chi connectivity index (χ3n) is 3.94. The molecule has 144 valence electrons. The smallest absolute Gasteiger partial charge is 0.338 e. The van der Waals surface area contributed by atoms with Crippen molar-refractivity contribution in [3.63, 3.8) is 0 Å². The lowest BCUT2D eigenvalue weighted by molar-refractivity contribution is -0.384. The minimum Gasteiger partial charge on any atom is -0.497 e.